The summed E-state index contributed by atoms with van der Waals surface area (Å²) in [6.07, 6.45) is 0.565. The fraction of sp³-hybridized carbons (Fsp3) is 0.538. The van der Waals surface area contributed by atoms with Crippen molar-refractivity contribution in [3.63, 3.8) is 0 Å². The van der Waals surface area contributed by atoms with Crippen LogP contribution in [-0.2, 0) is 12.8 Å². The van der Waals surface area contributed by atoms with Crippen LogP contribution in [0.1, 0.15) is 42.0 Å². The zero-order valence-electron chi connectivity index (χ0n) is 9.19. The average molecular weight is 210 g/mol. The van der Waals surface area contributed by atoms with Gasteiger partial charge in [0.2, 0.25) is 0 Å². The number of hydrogen-bond donors (Lipinski definition) is 0. The van der Waals surface area contributed by atoms with Crippen molar-refractivity contribution in [1.29, 1.82) is 0 Å². The van der Waals surface area contributed by atoms with E-state index in [1.807, 2.05) is 6.92 Å². The lowest BCUT2D eigenvalue weighted by Gasteiger charge is -2.24. The second-order valence-electron chi connectivity index (χ2n) is 4.64. The van der Waals surface area contributed by atoms with E-state index in [1.54, 1.807) is 6.07 Å². The molecular weight excluding hydrogens is 194 g/mol. The predicted molar refractivity (Wildman–Crippen MR) is 57.3 cm³/mol. The molecule has 0 spiro atoms. The highest BCUT2D eigenvalue weighted by atomic mass is 19.3. The van der Waals surface area contributed by atoms with Gasteiger partial charge in [-0.2, -0.15) is 0 Å². The van der Waals surface area contributed by atoms with Crippen molar-refractivity contribution in [2.45, 2.75) is 39.5 Å². The summed E-state index contributed by atoms with van der Waals surface area (Å²) in [4.78, 5) is 0. The highest BCUT2D eigenvalue weighted by Crippen LogP contribution is 2.33. The van der Waals surface area contributed by atoms with Gasteiger partial charge >= 0.3 is 0 Å². The summed E-state index contributed by atoms with van der Waals surface area (Å²) in [7, 11) is 0. The molecule has 0 heterocycles. The minimum Gasteiger partial charge on any atom is -0.205 e. The van der Waals surface area contributed by atoms with Gasteiger partial charge in [-0.15, -0.1) is 0 Å². The van der Waals surface area contributed by atoms with Gasteiger partial charge in [0.25, 0.3) is 6.43 Å². The second kappa shape index (κ2) is 3.92. The van der Waals surface area contributed by atoms with Crippen LogP contribution >= 0.6 is 0 Å². The van der Waals surface area contributed by atoms with Crippen LogP contribution in [0.4, 0.5) is 8.78 Å². The fourth-order valence-corrected chi connectivity index (χ4v) is 2.44. The lowest BCUT2D eigenvalue weighted by atomic mass is 9.82. The van der Waals surface area contributed by atoms with E-state index in [2.05, 4.69) is 13.0 Å². The first kappa shape index (κ1) is 10.6. The third-order valence-corrected chi connectivity index (χ3v) is 3.22. The van der Waals surface area contributed by atoms with Crippen LogP contribution < -0.4 is 0 Å². The van der Waals surface area contributed by atoms with Crippen molar-refractivity contribution >= 4 is 0 Å². The number of benzene rings is 1. The predicted octanol–water partition coefficient (Wildman–Crippen LogP) is 4.06. The Morgan fingerprint density at radius 1 is 1.33 bits per heavy atom. The SMILES string of the molecule is Cc1cc2c(c(C(F)F)c1)CC(C)CC2. The molecule has 0 N–H and O–H groups in total. The molecule has 2 heteroatoms. The van der Waals surface area contributed by atoms with Crippen molar-refractivity contribution in [3.05, 3.63) is 34.4 Å². The minimum atomic E-state index is -2.33. The molecule has 1 atom stereocenters. The Bertz CT molecular complexity index is 369. The summed E-state index contributed by atoms with van der Waals surface area (Å²) >= 11 is 0. The molecule has 0 fully saturated rings. The van der Waals surface area contributed by atoms with Crippen molar-refractivity contribution in [3.8, 4) is 0 Å². The Kier molecular flexibility index (Phi) is 2.76. The maximum absolute atomic E-state index is 12.9. The number of alkyl halides is 2. The molecule has 1 aliphatic rings. The Morgan fingerprint density at radius 2 is 2.07 bits per heavy atom. The maximum atomic E-state index is 12.9. The molecule has 15 heavy (non-hydrogen) atoms. The summed E-state index contributed by atoms with van der Waals surface area (Å²) < 4.78 is 25.7. The third kappa shape index (κ3) is 2.04. The van der Waals surface area contributed by atoms with Gasteiger partial charge in [-0.3, -0.25) is 0 Å². The smallest absolute Gasteiger partial charge is 0.205 e. The van der Waals surface area contributed by atoms with Crippen LogP contribution in [0.5, 0.6) is 0 Å². The summed E-state index contributed by atoms with van der Waals surface area (Å²) in [5.74, 6) is 0.540. The van der Waals surface area contributed by atoms with E-state index in [0.29, 0.717) is 5.92 Å². The Hall–Kier alpha value is -0.920. The monoisotopic (exact) mass is 210 g/mol. The van der Waals surface area contributed by atoms with E-state index in [9.17, 15) is 8.78 Å². The van der Waals surface area contributed by atoms with Gasteiger partial charge in [-0.05, 0) is 43.2 Å². The van der Waals surface area contributed by atoms with E-state index < -0.39 is 6.43 Å². The van der Waals surface area contributed by atoms with Crippen molar-refractivity contribution in [2.24, 2.45) is 5.92 Å². The van der Waals surface area contributed by atoms with Crippen LogP contribution in [0.2, 0.25) is 0 Å². The van der Waals surface area contributed by atoms with Gasteiger partial charge in [0.05, 0.1) is 0 Å². The standard InChI is InChI=1S/C13H16F2/c1-8-3-4-10-5-9(2)7-12(13(14)15)11(10)6-8/h5,7-8,13H,3-4,6H2,1-2H3. The van der Waals surface area contributed by atoms with Crippen LogP contribution in [0, 0.1) is 12.8 Å². The number of halogens is 2. The summed E-state index contributed by atoms with van der Waals surface area (Å²) in [6, 6.07) is 3.70. The first-order valence-corrected chi connectivity index (χ1v) is 5.48. The minimum absolute atomic E-state index is 0.261. The molecule has 1 aromatic rings. The molecule has 82 valence electrons. The zero-order chi connectivity index (χ0) is 11.0. The van der Waals surface area contributed by atoms with Gasteiger partial charge in [-0.1, -0.05) is 24.6 Å². The molecule has 0 nitrogen and oxygen atoms in total. The first-order chi connectivity index (χ1) is 7.08. The Morgan fingerprint density at radius 3 is 2.73 bits per heavy atom. The lowest BCUT2D eigenvalue weighted by molar-refractivity contribution is 0.149. The summed E-state index contributed by atoms with van der Waals surface area (Å²) in [5, 5.41) is 0. The van der Waals surface area contributed by atoms with Gasteiger partial charge in [-0.25, -0.2) is 8.78 Å². The molecule has 1 unspecified atom stereocenters. The highest BCUT2D eigenvalue weighted by Gasteiger charge is 2.22. The summed E-state index contributed by atoms with van der Waals surface area (Å²) in [6.45, 7) is 4.03. The highest BCUT2D eigenvalue weighted by molar-refractivity contribution is 5.41. The topological polar surface area (TPSA) is 0 Å². The largest absolute Gasteiger partial charge is 0.264 e. The normalized spacial score (nSPS) is 20.5. The third-order valence-electron chi connectivity index (χ3n) is 3.22. The van der Waals surface area contributed by atoms with Gasteiger partial charge < -0.3 is 0 Å². The molecular formula is C13H16F2. The fourth-order valence-electron chi connectivity index (χ4n) is 2.44. The Balaban J connectivity index is 2.50. The van der Waals surface area contributed by atoms with Crippen molar-refractivity contribution in [2.75, 3.05) is 0 Å². The van der Waals surface area contributed by atoms with Crippen LogP contribution in [0.3, 0.4) is 0 Å². The number of rotatable bonds is 1. The van der Waals surface area contributed by atoms with Crippen molar-refractivity contribution in [1.82, 2.24) is 0 Å². The molecule has 1 aliphatic carbocycles. The molecule has 0 amide bonds. The molecule has 0 saturated carbocycles. The van der Waals surface area contributed by atoms with E-state index in [4.69, 9.17) is 0 Å². The van der Waals surface area contributed by atoms with E-state index in [-0.39, 0.29) is 5.56 Å². The first-order valence-electron chi connectivity index (χ1n) is 5.48. The maximum Gasteiger partial charge on any atom is 0.264 e. The van der Waals surface area contributed by atoms with Gasteiger partial charge in [0.15, 0.2) is 0 Å². The van der Waals surface area contributed by atoms with Crippen molar-refractivity contribution < 1.29 is 8.78 Å². The van der Waals surface area contributed by atoms with E-state index >= 15 is 0 Å². The molecule has 0 bridgehead atoms. The average Bonchev–Trinajstić information content (AvgIpc) is 2.17. The molecule has 0 aromatic heterocycles. The zero-order valence-corrected chi connectivity index (χ0v) is 9.19. The van der Waals surface area contributed by atoms with Crippen LogP contribution in [0.15, 0.2) is 12.1 Å². The summed E-state index contributed by atoms with van der Waals surface area (Å²) in [5.41, 5.74) is 3.27. The van der Waals surface area contributed by atoms with Gasteiger partial charge in [0.1, 0.15) is 0 Å². The Labute approximate surface area is 89.3 Å². The lowest BCUT2D eigenvalue weighted by Crippen LogP contribution is -2.14. The molecule has 2 rings (SSSR count). The quantitative estimate of drug-likeness (QED) is 0.655. The van der Waals surface area contributed by atoms with E-state index in [0.717, 1.165) is 36.0 Å². The number of fused-ring (bicyclic) bond motifs is 1. The van der Waals surface area contributed by atoms with E-state index in [1.165, 1.54) is 0 Å². The van der Waals surface area contributed by atoms with Crippen LogP contribution in [0.25, 0.3) is 0 Å². The molecule has 0 radical (unpaired) electrons. The van der Waals surface area contributed by atoms with Gasteiger partial charge in [0, 0.05) is 5.56 Å². The molecule has 0 saturated heterocycles. The molecule has 1 aromatic carbocycles. The number of hydrogen-bond acceptors (Lipinski definition) is 0. The second-order valence-corrected chi connectivity index (χ2v) is 4.64. The molecule has 0 aliphatic heterocycles. The number of aryl methyl sites for hydroxylation is 2. The van der Waals surface area contributed by atoms with Crippen LogP contribution in [-0.4, -0.2) is 0 Å².